The second-order valence-electron chi connectivity index (χ2n) is 6.75. The second-order valence-corrected chi connectivity index (χ2v) is 7.11. The molecular weight excluding hydrogens is 318 g/mol. The summed E-state index contributed by atoms with van der Waals surface area (Å²) in [4.78, 5) is 19.8. The van der Waals surface area contributed by atoms with Gasteiger partial charge >= 0.3 is 0 Å². The van der Waals surface area contributed by atoms with Crippen molar-refractivity contribution in [2.24, 2.45) is 0 Å². The van der Waals surface area contributed by atoms with Crippen molar-refractivity contribution in [3.63, 3.8) is 0 Å². The molecule has 2 aliphatic heterocycles. The molecule has 5 heteroatoms. The van der Waals surface area contributed by atoms with Crippen molar-refractivity contribution in [3.05, 3.63) is 47.7 Å². The van der Waals surface area contributed by atoms with Crippen LogP contribution in [0.2, 0.25) is 0 Å². The number of aromatic amines is 1. The van der Waals surface area contributed by atoms with Gasteiger partial charge in [-0.15, -0.1) is 0 Å². The van der Waals surface area contributed by atoms with Gasteiger partial charge in [0.25, 0.3) is 5.91 Å². The molecule has 4 nitrogen and oxygen atoms in total. The largest absolute Gasteiger partial charge is 0.356 e. The fraction of sp³-hybridized carbons (Fsp3) is 0.263. The maximum atomic E-state index is 12.6. The molecule has 1 amide bonds. The molecule has 2 aromatic carbocycles. The van der Waals surface area contributed by atoms with E-state index in [2.05, 4.69) is 53.2 Å². The first-order valence-corrected chi connectivity index (χ1v) is 8.60. The Morgan fingerprint density at radius 1 is 1.21 bits per heavy atom. The third-order valence-electron chi connectivity index (χ3n) is 5.50. The Hall–Kier alpha value is -2.40. The molecule has 0 aliphatic carbocycles. The fourth-order valence-electron chi connectivity index (χ4n) is 4.23. The lowest BCUT2D eigenvalue weighted by Gasteiger charge is -2.34. The summed E-state index contributed by atoms with van der Waals surface area (Å²) < 4.78 is 0. The number of likely N-dealkylation sites (N-methyl/N-ethyl adjacent to an activating group) is 1. The van der Waals surface area contributed by atoms with Crippen LogP contribution in [0.1, 0.15) is 24.2 Å². The third-order valence-corrected chi connectivity index (χ3v) is 5.98. The van der Waals surface area contributed by atoms with Crippen LogP contribution in [0.4, 0.5) is 0 Å². The number of benzene rings is 2. The van der Waals surface area contributed by atoms with Gasteiger partial charge in [0.05, 0.1) is 6.04 Å². The highest BCUT2D eigenvalue weighted by molar-refractivity contribution is 7.80. The molecule has 0 saturated carbocycles. The molecular formula is C19H17N3OS. The quantitative estimate of drug-likeness (QED) is 0.640. The minimum Gasteiger partial charge on any atom is -0.356 e. The minimum atomic E-state index is -0.171. The van der Waals surface area contributed by atoms with E-state index in [1.807, 2.05) is 0 Å². The molecule has 0 unspecified atom stereocenters. The fourth-order valence-corrected chi connectivity index (χ4v) is 4.61. The zero-order valence-corrected chi connectivity index (χ0v) is 14.4. The van der Waals surface area contributed by atoms with E-state index >= 15 is 0 Å². The summed E-state index contributed by atoms with van der Waals surface area (Å²) in [6.45, 7) is 2.12. The summed E-state index contributed by atoms with van der Waals surface area (Å²) >= 11 is 5.49. The number of rotatable bonds is 0. The van der Waals surface area contributed by atoms with E-state index in [1.165, 1.54) is 27.4 Å². The summed E-state index contributed by atoms with van der Waals surface area (Å²) in [5.41, 5.74) is 3.58. The maximum absolute atomic E-state index is 12.6. The van der Waals surface area contributed by atoms with E-state index in [0.29, 0.717) is 11.5 Å². The molecule has 1 fully saturated rings. The van der Waals surface area contributed by atoms with Gasteiger partial charge in [0.15, 0.2) is 5.11 Å². The van der Waals surface area contributed by atoms with E-state index in [0.717, 1.165) is 5.52 Å². The van der Waals surface area contributed by atoms with Crippen LogP contribution >= 0.6 is 12.2 Å². The number of hydrogen-bond donors (Lipinski definition) is 1. The summed E-state index contributed by atoms with van der Waals surface area (Å²) in [6, 6.07) is 12.7. The van der Waals surface area contributed by atoms with Gasteiger partial charge in [-0.1, -0.05) is 24.3 Å². The van der Waals surface area contributed by atoms with Gasteiger partial charge in [-0.05, 0) is 47.6 Å². The SMILES string of the molecule is C[C@H]1c2[nH]c3cc4ccccc4cc3c2C[C@@H]2C(=O)N(C)C(=S)N21. The number of fused-ring (bicyclic) bond motifs is 5. The average molecular weight is 335 g/mol. The highest BCUT2D eigenvalue weighted by Crippen LogP contribution is 2.41. The zero-order chi connectivity index (χ0) is 16.6. The van der Waals surface area contributed by atoms with Crippen LogP contribution in [-0.2, 0) is 11.2 Å². The Bertz CT molecular complexity index is 1040. The van der Waals surface area contributed by atoms with Crippen LogP contribution in [0.25, 0.3) is 21.7 Å². The van der Waals surface area contributed by atoms with Crippen molar-refractivity contribution in [1.82, 2.24) is 14.8 Å². The lowest BCUT2D eigenvalue weighted by atomic mass is 9.92. The summed E-state index contributed by atoms with van der Waals surface area (Å²) in [5.74, 6) is 0.104. The molecule has 0 spiro atoms. The van der Waals surface area contributed by atoms with Gasteiger partial charge in [0.2, 0.25) is 0 Å². The molecule has 0 bridgehead atoms. The van der Waals surface area contributed by atoms with Crippen molar-refractivity contribution >= 4 is 44.9 Å². The molecule has 2 aliphatic rings. The standard InChI is InChI=1S/C19H17N3OS/c1-10-17-14(9-16-18(23)21(2)19(24)22(10)16)13-7-11-5-3-4-6-12(11)8-15(13)20-17/h3-8,10,16,20H,9H2,1-2H3/t10-,16+/m0/s1. The number of nitrogens with one attached hydrogen (secondary N) is 1. The Balaban J connectivity index is 1.75. The smallest absolute Gasteiger partial charge is 0.251 e. The summed E-state index contributed by atoms with van der Waals surface area (Å²) in [5, 5.41) is 4.31. The second kappa shape index (κ2) is 4.57. The average Bonchev–Trinajstić information content (AvgIpc) is 3.05. The molecule has 3 aromatic rings. The summed E-state index contributed by atoms with van der Waals surface area (Å²) in [7, 11) is 1.77. The normalized spacial score (nSPS) is 23.2. The first-order valence-electron chi connectivity index (χ1n) is 8.19. The number of aromatic nitrogens is 1. The monoisotopic (exact) mass is 335 g/mol. The van der Waals surface area contributed by atoms with Gasteiger partial charge in [0.1, 0.15) is 6.04 Å². The van der Waals surface area contributed by atoms with E-state index in [-0.39, 0.29) is 18.0 Å². The van der Waals surface area contributed by atoms with E-state index in [4.69, 9.17) is 12.2 Å². The number of thiocarbonyl (C=S) groups is 1. The predicted octanol–water partition coefficient (Wildman–Crippen LogP) is 3.37. The van der Waals surface area contributed by atoms with Gasteiger partial charge in [-0.25, -0.2) is 0 Å². The molecule has 120 valence electrons. The van der Waals surface area contributed by atoms with Crippen molar-refractivity contribution in [2.45, 2.75) is 25.4 Å². The van der Waals surface area contributed by atoms with Gasteiger partial charge in [-0.3, -0.25) is 9.69 Å². The topological polar surface area (TPSA) is 39.3 Å². The van der Waals surface area contributed by atoms with Crippen LogP contribution in [0.3, 0.4) is 0 Å². The number of carbonyl (C=O) groups is 1. The predicted molar refractivity (Wildman–Crippen MR) is 98.9 cm³/mol. The van der Waals surface area contributed by atoms with Gasteiger partial charge in [-0.2, -0.15) is 0 Å². The van der Waals surface area contributed by atoms with E-state index in [1.54, 1.807) is 11.9 Å². The maximum Gasteiger partial charge on any atom is 0.251 e. The molecule has 1 saturated heterocycles. The first kappa shape index (κ1) is 14.0. The lowest BCUT2D eigenvalue weighted by molar-refractivity contribution is -0.127. The van der Waals surface area contributed by atoms with Gasteiger partial charge in [0, 0.05) is 30.1 Å². The van der Waals surface area contributed by atoms with Crippen molar-refractivity contribution < 1.29 is 4.79 Å². The molecule has 1 N–H and O–H groups in total. The van der Waals surface area contributed by atoms with Crippen molar-refractivity contribution in [2.75, 3.05) is 7.05 Å². The summed E-state index contributed by atoms with van der Waals surface area (Å²) in [6.07, 6.45) is 0.710. The van der Waals surface area contributed by atoms with Crippen LogP contribution in [0, 0.1) is 0 Å². The van der Waals surface area contributed by atoms with Crippen molar-refractivity contribution in [1.29, 1.82) is 0 Å². The number of nitrogens with zero attached hydrogens (tertiary/aromatic N) is 2. The number of amides is 1. The van der Waals surface area contributed by atoms with Crippen LogP contribution < -0.4 is 0 Å². The van der Waals surface area contributed by atoms with Crippen LogP contribution in [-0.4, -0.2) is 38.9 Å². The van der Waals surface area contributed by atoms with Gasteiger partial charge < -0.3 is 9.88 Å². The van der Waals surface area contributed by atoms with Crippen LogP contribution in [0.5, 0.6) is 0 Å². The Morgan fingerprint density at radius 3 is 2.67 bits per heavy atom. The molecule has 24 heavy (non-hydrogen) atoms. The van der Waals surface area contributed by atoms with E-state index < -0.39 is 0 Å². The van der Waals surface area contributed by atoms with Crippen molar-refractivity contribution in [3.8, 4) is 0 Å². The first-order chi connectivity index (χ1) is 11.6. The zero-order valence-electron chi connectivity index (χ0n) is 13.5. The highest BCUT2D eigenvalue weighted by Gasteiger charge is 2.47. The minimum absolute atomic E-state index is 0.0793. The Morgan fingerprint density at radius 2 is 1.92 bits per heavy atom. The number of hydrogen-bond acceptors (Lipinski definition) is 2. The molecule has 0 radical (unpaired) electrons. The number of carbonyl (C=O) groups excluding carboxylic acids is 1. The van der Waals surface area contributed by atoms with Crippen LogP contribution in [0.15, 0.2) is 36.4 Å². The molecule has 2 atom stereocenters. The third kappa shape index (κ3) is 1.62. The highest BCUT2D eigenvalue weighted by atomic mass is 32.1. The molecule has 5 rings (SSSR count). The van der Waals surface area contributed by atoms with E-state index in [9.17, 15) is 4.79 Å². The Labute approximate surface area is 145 Å². The molecule has 3 heterocycles. The molecule has 1 aromatic heterocycles. The lowest BCUT2D eigenvalue weighted by Crippen LogP contribution is -2.42. The Kier molecular flexibility index (Phi) is 2.66. The number of H-pyrrole nitrogens is 1.